The number of likely N-dealkylation sites (tertiary alicyclic amines) is 1. The summed E-state index contributed by atoms with van der Waals surface area (Å²) in [4.78, 5) is 6.56. The van der Waals surface area contributed by atoms with E-state index in [0.717, 1.165) is 25.3 Å². The van der Waals surface area contributed by atoms with Gasteiger partial charge in [0.05, 0.1) is 24.2 Å². The predicted octanol–water partition coefficient (Wildman–Crippen LogP) is 3.92. The molecule has 0 bridgehead atoms. The van der Waals surface area contributed by atoms with Crippen molar-refractivity contribution < 1.29 is 27.2 Å². The molecule has 0 amide bonds. The Hall–Kier alpha value is -2.13. The van der Waals surface area contributed by atoms with E-state index < -0.39 is 12.1 Å². The number of ether oxygens (including phenoxy) is 2. The Kier molecular flexibility index (Phi) is 5.47. The second-order valence-electron chi connectivity index (χ2n) is 9.95. The third-order valence-electron chi connectivity index (χ3n) is 8.24. The molecule has 3 heterocycles. The molecule has 3 atom stereocenters. The first-order chi connectivity index (χ1) is 15.7. The minimum absolute atomic E-state index is 0.252. The molecule has 3 fully saturated rings. The SMILES string of the molecule is CCC(C)[N+]1=C(C2C3CC4(CCN4CCOC)CC32)C=C1c1cnc(N)c(OC(F)(F)F)c1. The van der Waals surface area contributed by atoms with E-state index in [1.54, 1.807) is 7.11 Å². The molecule has 1 spiro atoms. The largest absolute Gasteiger partial charge is 0.573 e. The summed E-state index contributed by atoms with van der Waals surface area (Å²) in [6.45, 7) is 7.24. The third kappa shape index (κ3) is 3.83. The van der Waals surface area contributed by atoms with Crippen molar-refractivity contribution in [1.82, 2.24) is 9.88 Å². The number of pyridine rings is 1. The van der Waals surface area contributed by atoms with Gasteiger partial charge in [-0.25, -0.2) is 4.98 Å². The number of methoxy groups -OCH3 is 1. The van der Waals surface area contributed by atoms with Gasteiger partial charge in [-0.2, -0.15) is 4.58 Å². The van der Waals surface area contributed by atoms with Gasteiger partial charge in [-0.05, 0) is 44.1 Å². The van der Waals surface area contributed by atoms with Gasteiger partial charge in [-0.15, -0.1) is 13.2 Å². The molecule has 2 N–H and O–H groups in total. The van der Waals surface area contributed by atoms with Gasteiger partial charge < -0.3 is 15.2 Å². The maximum atomic E-state index is 12.8. The molecule has 2 aliphatic carbocycles. The predicted molar refractivity (Wildman–Crippen MR) is 119 cm³/mol. The summed E-state index contributed by atoms with van der Waals surface area (Å²) in [6.07, 6.45) is 3.54. The quantitative estimate of drug-likeness (QED) is 0.590. The van der Waals surface area contributed by atoms with Gasteiger partial charge in [0.15, 0.2) is 23.3 Å². The minimum Gasteiger partial charge on any atom is -0.402 e. The van der Waals surface area contributed by atoms with E-state index in [2.05, 4.69) is 39.1 Å². The van der Waals surface area contributed by atoms with Crippen molar-refractivity contribution in [2.24, 2.45) is 17.8 Å². The fourth-order valence-electron chi connectivity index (χ4n) is 6.31. The summed E-state index contributed by atoms with van der Waals surface area (Å²) in [7, 11) is 1.75. The molecule has 6 nitrogen and oxygen atoms in total. The molecule has 9 heteroatoms. The number of hydrogen-bond acceptors (Lipinski definition) is 5. The van der Waals surface area contributed by atoms with Crippen molar-refractivity contribution in [2.45, 2.75) is 57.5 Å². The van der Waals surface area contributed by atoms with Crippen molar-refractivity contribution >= 4 is 17.2 Å². The number of alkyl halides is 3. The third-order valence-corrected chi connectivity index (χ3v) is 8.24. The van der Waals surface area contributed by atoms with Gasteiger partial charge >= 0.3 is 6.36 Å². The second kappa shape index (κ2) is 7.98. The lowest BCUT2D eigenvalue weighted by atomic mass is 9.78. The fraction of sp³-hybridized carbons (Fsp3) is 0.667. The molecule has 0 radical (unpaired) electrons. The summed E-state index contributed by atoms with van der Waals surface area (Å²) < 4.78 is 50.0. The van der Waals surface area contributed by atoms with Crippen molar-refractivity contribution in [3.63, 3.8) is 0 Å². The lowest BCUT2D eigenvalue weighted by molar-refractivity contribution is -0.483. The molecule has 2 aliphatic heterocycles. The number of anilines is 1. The van der Waals surface area contributed by atoms with E-state index in [1.807, 2.05) is 0 Å². The van der Waals surface area contributed by atoms with Crippen LogP contribution in [0.2, 0.25) is 0 Å². The van der Waals surface area contributed by atoms with Crippen LogP contribution in [0.1, 0.15) is 45.1 Å². The van der Waals surface area contributed by atoms with Gasteiger partial charge in [-0.3, -0.25) is 4.90 Å². The summed E-state index contributed by atoms with van der Waals surface area (Å²) >= 11 is 0. The van der Waals surface area contributed by atoms with Gasteiger partial charge in [0.25, 0.3) is 0 Å². The molecule has 1 aromatic rings. The van der Waals surface area contributed by atoms with Crippen LogP contribution in [0.4, 0.5) is 19.0 Å². The van der Waals surface area contributed by atoms with Crippen LogP contribution in [0.3, 0.4) is 0 Å². The first kappa shape index (κ1) is 22.7. The number of aromatic nitrogens is 1. The Balaban J connectivity index is 1.33. The van der Waals surface area contributed by atoms with Crippen LogP contribution in [-0.2, 0) is 4.74 Å². The van der Waals surface area contributed by atoms with Crippen molar-refractivity contribution in [3.05, 3.63) is 23.9 Å². The number of halogens is 3. The second-order valence-corrected chi connectivity index (χ2v) is 9.95. The molecular weight excluding hydrogens is 433 g/mol. The first-order valence-corrected chi connectivity index (χ1v) is 11.8. The highest BCUT2D eigenvalue weighted by molar-refractivity contribution is 6.06. The van der Waals surface area contributed by atoms with Crippen LogP contribution in [0.25, 0.3) is 5.70 Å². The van der Waals surface area contributed by atoms with Crippen LogP contribution >= 0.6 is 0 Å². The number of rotatable bonds is 8. The molecule has 5 rings (SSSR count). The molecule has 3 unspecified atom stereocenters. The van der Waals surface area contributed by atoms with Gasteiger partial charge in [0.2, 0.25) is 5.70 Å². The zero-order valence-electron chi connectivity index (χ0n) is 19.4. The Bertz CT molecular complexity index is 994. The van der Waals surface area contributed by atoms with Crippen molar-refractivity contribution in [3.8, 4) is 5.75 Å². The number of nitrogens with zero attached hydrogens (tertiary/aromatic N) is 3. The van der Waals surface area contributed by atoms with Crippen molar-refractivity contribution in [1.29, 1.82) is 0 Å². The lowest BCUT2D eigenvalue weighted by Crippen LogP contribution is -2.60. The summed E-state index contributed by atoms with van der Waals surface area (Å²) in [5, 5.41) is 0. The van der Waals surface area contributed by atoms with Crippen LogP contribution in [-0.4, -0.2) is 64.9 Å². The van der Waals surface area contributed by atoms with E-state index in [4.69, 9.17) is 10.5 Å². The Labute approximate surface area is 192 Å². The summed E-state index contributed by atoms with van der Waals surface area (Å²) in [6, 6.07) is 1.60. The highest BCUT2D eigenvalue weighted by atomic mass is 19.4. The van der Waals surface area contributed by atoms with Crippen LogP contribution in [0.15, 0.2) is 18.3 Å². The molecule has 0 aromatic carbocycles. The Morgan fingerprint density at radius 2 is 2.06 bits per heavy atom. The molecule has 1 saturated heterocycles. The normalized spacial score (nSPS) is 31.7. The van der Waals surface area contributed by atoms with Crippen LogP contribution < -0.4 is 10.5 Å². The van der Waals surface area contributed by atoms with Gasteiger partial charge in [0, 0.05) is 38.4 Å². The van der Waals surface area contributed by atoms with Crippen LogP contribution in [0.5, 0.6) is 5.75 Å². The highest BCUT2D eigenvalue weighted by Gasteiger charge is 2.68. The monoisotopic (exact) mass is 465 g/mol. The standard InChI is InChI=1S/C24H31F3N4O2/c1-4-14(2)31-18(15-9-20(22(28)29-13-15)33-24(25,26)27)10-19(31)21-16-11-23(12-17(16)21)5-6-30(23)7-8-32-3/h9-10,13-14,16-17,21,28H,4-8,11-12H2,1-3H3/p+1. The molecular formula is C24H32F3N4O2+. The first-order valence-electron chi connectivity index (χ1n) is 11.8. The van der Waals surface area contributed by atoms with E-state index in [9.17, 15) is 13.2 Å². The van der Waals surface area contributed by atoms with E-state index in [-0.39, 0.29) is 11.9 Å². The number of nitrogen functional groups attached to an aromatic ring is 1. The topological polar surface area (TPSA) is 63.6 Å². The molecule has 4 aliphatic rings. The van der Waals surface area contributed by atoms with E-state index in [0.29, 0.717) is 28.9 Å². The smallest absolute Gasteiger partial charge is 0.402 e. The zero-order chi connectivity index (χ0) is 23.5. The molecule has 2 saturated carbocycles. The molecule has 180 valence electrons. The van der Waals surface area contributed by atoms with Crippen LogP contribution in [0, 0.1) is 17.8 Å². The highest BCUT2D eigenvalue weighted by Crippen LogP contribution is 2.66. The number of hydrogen-bond donors (Lipinski definition) is 1. The molecule has 33 heavy (non-hydrogen) atoms. The molecule has 1 aromatic heterocycles. The van der Waals surface area contributed by atoms with Gasteiger partial charge in [0.1, 0.15) is 0 Å². The summed E-state index contributed by atoms with van der Waals surface area (Å²) in [5.74, 6) is 1.22. The zero-order valence-corrected chi connectivity index (χ0v) is 19.4. The fourth-order valence-corrected chi connectivity index (χ4v) is 6.31. The summed E-state index contributed by atoms with van der Waals surface area (Å²) in [5.41, 5.74) is 8.80. The maximum absolute atomic E-state index is 12.8. The number of fused-ring (bicyclic) bond motifs is 1. The van der Waals surface area contributed by atoms with Gasteiger partial charge in [-0.1, -0.05) is 6.92 Å². The van der Waals surface area contributed by atoms with E-state index in [1.165, 1.54) is 43.8 Å². The minimum atomic E-state index is -4.81. The average Bonchev–Trinajstić information content (AvgIpc) is 3.19. The van der Waals surface area contributed by atoms with Crippen molar-refractivity contribution in [2.75, 3.05) is 32.5 Å². The Morgan fingerprint density at radius 1 is 1.33 bits per heavy atom. The number of nitrogens with two attached hydrogens (primary N) is 1. The maximum Gasteiger partial charge on any atom is 0.573 e. The average molecular weight is 466 g/mol. The van der Waals surface area contributed by atoms with E-state index >= 15 is 0 Å². The lowest BCUT2D eigenvalue weighted by Gasteiger charge is -2.52. The Morgan fingerprint density at radius 3 is 2.64 bits per heavy atom. The number of allylic oxidation sites excluding steroid dienone is 1.